The zero-order chi connectivity index (χ0) is 32.3. The molecule has 2 unspecified atom stereocenters. The number of carboxylic acid groups (broad SMARTS) is 1. The van der Waals surface area contributed by atoms with Gasteiger partial charge in [0, 0.05) is 18.5 Å². The smallest absolute Gasteiger partial charge is 0.449 e. The third-order valence-corrected chi connectivity index (χ3v) is 7.59. The molecule has 1 aromatic carbocycles. The number of carbonyl (C=O) groups is 3. The van der Waals surface area contributed by atoms with Crippen molar-refractivity contribution in [3.63, 3.8) is 0 Å². The number of nitrogens with zero attached hydrogens (tertiary/aromatic N) is 3. The Morgan fingerprint density at radius 3 is 2.52 bits per heavy atom. The highest BCUT2D eigenvalue weighted by atomic mass is 19.1. The van der Waals surface area contributed by atoms with E-state index in [0.29, 0.717) is 31.7 Å². The van der Waals surface area contributed by atoms with E-state index in [2.05, 4.69) is 15.0 Å². The van der Waals surface area contributed by atoms with Crippen molar-refractivity contribution in [2.75, 3.05) is 11.4 Å². The monoisotopic (exact) mass is 618 g/mol. The minimum absolute atomic E-state index is 0.225. The maximum absolute atomic E-state index is 15.6. The number of ketones is 1. The van der Waals surface area contributed by atoms with Crippen molar-refractivity contribution in [2.24, 2.45) is 17.4 Å². The summed E-state index contributed by atoms with van der Waals surface area (Å²) in [6.45, 7) is 3.83. The van der Waals surface area contributed by atoms with Crippen molar-refractivity contribution < 1.29 is 37.4 Å². The van der Waals surface area contributed by atoms with Gasteiger partial charge in [0.2, 0.25) is 11.3 Å². The molecule has 6 N–H and O–H groups in total. The molecule has 1 amide bonds. The van der Waals surface area contributed by atoms with Gasteiger partial charge in [0.1, 0.15) is 17.8 Å². The van der Waals surface area contributed by atoms with E-state index in [-0.39, 0.29) is 35.9 Å². The Labute approximate surface area is 249 Å². The molecule has 1 saturated heterocycles. The van der Waals surface area contributed by atoms with Gasteiger partial charge in [-0.05, 0) is 43.9 Å². The number of fused-ring (bicyclic) bond motifs is 1. The second-order valence-corrected chi connectivity index (χ2v) is 10.5. The normalized spacial score (nSPS) is 16.9. The van der Waals surface area contributed by atoms with E-state index in [1.807, 2.05) is 6.92 Å². The van der Waals surface area contributed by atoms with Crippen LogP contribution in [0.4, 0.5) is 23.8 Å². The van der Waals surface area contributed by atoms with Crippen LogP contribution in [0.1, 0.15) is 46.0 Å². The van der Waals surface area contributed by atoms with Gasteiger partial charge < -0.3 is 31.5 Å². The first-order valence-electron chi connectivity index (χ1n) is 14.1. The molecule has 2 aromatic heterocycles. The van der Waals surface area contributed by atoms with Crippen LogP contribution in [-0.2, 0) is 9.59 Å². The number of anilines is 1. The molecule has 0 spiro atoms. The standard InChI is InChI=1S/C29H33F3N6O6/c1-3-6-19(33)24(39)15(4-2)23(34)28(41)35-22-7-5-10-37(22)27-18(32)12-16-25(40)21(44-29(42)43)13-38(26(16)36-27)20-9-8-14(30)11-17(20)31/h8-9,11-13,15,19,22-23H,3-7,10,33-34H2,1-2H3,(H,35,41)(H,42,43)/t15?,19-,22?,23-/m0/s1. The van der Waals surface area contributed by atoms with Crippen molar-refractivity contribution in [1.29, 1.82) is 0 Å². The van der Waals surface area contributed by atoms with Gasteiger partial charge in [-0.1, -0.05) is 20.3 Å². The Kier molecular flexibility index (Phi) is 9.89. The molecule has 1 fully saturated rings. The average Bonchev–Trinajstić information content (AvgIpc) is 3.42. The molecule has 12 nitrogen and oxygen atoms in total. The van der Waals surface area contributed by atoms with E-state index in [4.69, 9.17) is 16.6 Å². The van der Waals surface area contributed by atoms with Crippen LogP contribution in [0.3, 0.4) is 0 Å². The number of Topliss-reactive ketones (excluding diaryl/α,β-unsaturated/α-hetero) is 1. The number of aromatic nitrogens is 2. The molecule has 0 radical (unpaired) electrons. The molecular weight excluding hydrogens is 585 g/mol. The van der Waals surface area contributed by atoms with Crippen LogP contribution >= 0.6 is 0 Å². The summed E-state index contributed by atoms with van der Waals surface area (Å²) in [6.07, 6.45) is 0.492. The number of nitrogens with two attached hydrogens (primary N) is 2. The molecule has 0 bridgehead atoms. The number of amides is 1. The number of rotatable bonds is 11. The number of hydrogen-bond acceptors (Lipinski definition) is 9. The molecule has 0 aliphatic carbocycles. The number of nitrogens with one attached hydrogen (secondary N) is 1. The summed E-state index contributed by atoms with van der Waals surface area (Å²) in [5.41, 5.74) is 10.5. The SMILES string of the molecule is CCC[C@H](N)C(=O)C(CC)[C@H](N)C(=O)NC1CCCN1c1nc2c(cc1F)c(=O)c(OC(=O)O)cn2-c1ccc(F)cc1F. The van der Waals surface area contributed by atoms with Crippen LogP contribution in [0.25, 0.3) is 16.7 Å². The lowest BCUT2D eigenvalue weighted by Gasteiger charge is -2.30. The number of benzene rings is 1. The summed E-state index contributed by atoms with van der Waals surface area (Å²) in [5.74, 6) is -5.83. The third kappa shape index (κ3) is 6.53. The molecule has 1 aliphatic heterocycles. The maximum atomic E-state index is 15.6. The zero-order valence-electron chi connectivity index (χ0n) is 24.1. The van der Waals surface area contributed by atoms with Gasteiger partial charge in [-0.3, -0.25) is 19.0 Å². The molecule has 3 aromatic rings. The highest BCUT2D eigenvalue weighted by molar-refractivity contribution is 5.93. The average molecular weight is 619 g/mol. The van der Waals surface area contributed by atoms with Gasteiger partial charge in [0.25, 0.3) is 0 Å². The topological polar surface area (TPSA) is 183 Å². The van der Waals surface area contributed by atoms with Crippen LogP contribution in [0, 0.1) is 23.4 Å². The molecule has 4 atom stereocenters. The van der Waals surface area contributed by atoms with E-state index >= 15 is 4.39 Å². The first-order chi connectivity index (χ1) is 20.9. The van der Waals surface area contributed by atoms with Gasteiger partial charge in [-0.15, -0.1) is 0 Å². The van der Waals surface area contributed by atoms with Crippen molar-refractivity contribution in [2.45, 2.75) is 64.2 Å². The van der Waals surface area contributed by atoms with Gasteiger partial charge >= 0.3 is 6.16 Å². The summed E-state index contributed by atoms with van der Waals surface area (Å²) in [6, 6.07) is 1.36. The first-order valence-corrected chi connectivity index (χ1v) is 14.1. The maximum Gasteiger partial charge on any atom is 0.511 e. The Morgan fingerprint density at radius 2 is 1.89 bits per heavy atom. The van der Waals surface area contributed by atoms with E-state index < -0.39 is 70.2 Å². The van der Waals surface area contributed by atoms with E-state index in [0.717, 1.165) is 29.0 Å². The number of ether oxygens (including phenoxy) is 1. The number of hydrogen-bond donors (Lipinski definition) is 4. The quantitative estimate of drug-likeness (QED) is 0.233. The van der Waals surface area contributed by atoms with E-state index in [1.165, 1.54) is 4.90 Å². The summed E-state index contributed by atoms with van der Waals surface area (Å²) < 4.78 is 49.6. The lowest BCUT2D eigenvalue weighted by Crippen LogP contribution is -2.55. The van der Waals surface area contributed by atoms with E-state index in [1.54, 1.807) is 6.92 Å². The van der Waals surface area contributed by atoms with Crippen molar-refractivity contribution in [3.8, 4) is 11.4 Å². The fourth-order valence-corrected chi connectivity index (χ4v) is 5.39. The second kappa shape index (κ2) is 13.4. The minimum Gasteiger partial charge on any atom is -0.449 e. The molecule has 44 heavy (non-hydrogen) atoms. The van der Waals surface area contributed by atoms with Gasteiger partial charge in [0.05, 0.1) is 29.4 Å². The summed E-state index contributed by atoms with van der Waals surface area (Å²) in [4.78, 5) is 55.9. The molecular formula is C29H33F3N6O6. The Morgan fingerprint density at radius 1 is 1.16 bits per heavy atom. The highest BCUT2D eigenvalue weighted by Gasteiger charge is 2.36. The Hall–Kier alpha value is -4.50. The molecule has 236 valence electrons. The van der Waals surface area contributed by atoms with Crippen LogP contribution < -0.4 is 31.8 Å². The summed E-state index contributed by atoms with van der Waals surface area (Å²) >= 11 is 0. The first kappa shape index (κ1) is 32.4. The highest BCUT2D eigenvalue weighted by Crippen LogP contribution is 2.30. The van der Waals surface area contributed by atoms with Crippen LogP contribution in [-0.4, -0.2) is 57.3 Å². The molecule has 3 heterocycles. The zero-order valence-corrected chi connectivity index (χ0v) is 24.1. The van der Waals surface area contributed by atoms with Crippen molar-refractivity contribution in [1.82, 2.24) is 14.9 Å². The van der Waals surface area contributed by atoms with Gasteiger partial charge in [-0.25, -0.2) is 22.9 Å². The van der Waals surface area contributed by atoms with Gasteiger partial charge in [0.15, 0.2) is 28.8 Å². The van der Waals surface area contributed by atoms with Crippen LogP contribution in [0.2, 0.25) is 0 Å². The molecule has 1 aliphatic rings. The Balaban J connectivity index is 1.73. The predicted octanol–water partition coefficient (Wildman–Crippen LogP) is 2.95. The van der Waals surface area contributed by atoms with Crippen LogP contribution in [0.15, 0.2) is 35.3 Å². The minimum atomic E-state index is -1.84. The molecule has 15 heteroatoms. The van der Waals surface area contributed by atoms with E-state index in [9.17, 15) is 28.0 Å². The summed E-state index contributed by atoms with van der Waals surface area (Å²) in [7, 11) is 0. The van der Waals surface area contributed by atoms with Crippen LogP contribution in [0.5, 0.6) is 5.75 Å². The molecule has 4 rings (SSSR count). The molecule has 0 saturated carbocycles. The number of halogens is 3. The fraction of sp³-hybridized carbons (Fsp3) is 0.414. The third-order valence-electron chi connectivity index (χ3n) is 7.59. The number of pyridine rings is 2. The largest absolute Gasteiger partial charge is 0.511 e. The van der Waals surface area contributed by atoms with Gasteiger partial charge in [-0.2, -0.15) is 0 Å². The summed E-state index contributed by atoms with van der Waals surface area (Å²) in [5, 5.41) is 11.4. The van der Waals surface area contributed by atoms with Crippen molar-refractivity contribution in [3.05, 3.63) is 58.1 Å². The van der Waals surface area contributed by atoms with Crippen molar-refractivity contribution >= 4 is 34.7 Å². The lowest BCUT2D eigenvalue weighted by molar-refractivity contribution is -0.131. The predicted molar refractivity (Wildman–Crippen MR) is 154 cm³/mol. The Bertz CT molecular complexity index is 1650. The fourth-order valence-electron chi connectivity index (χ4n) is 5.39. The lowest BCUT2D eigenvalue weighted by atomic mass is 9.87. The second-order valence-electron chi connectivity index (χ2n) is 10.5. The number of carbonyl (C=O) groups excluding carboxylic acids is 2.